The average molecular weight is 294 g/mol. The van der Waals surface area contributed by atoms with Crippen LogP contribution in [0.4, 0.5) is 4.39 Å². The van der Waals surface area contributed by atoms with Gasteiger partial charge in [-0.1, -0.05) is 18.2 Å². The van der Waals surface area contributed by atoms with Crippen LogP contribution < -0.4 is 5.32 Å². The molecule has 1 N–H and O–H groups in total. The summed E-state index contributed by atoms with van der Waals surface area (Å²) in [6.45, 7) is 3.74. The van der Waals surface area contributed by atoms with Crippen LogP contribution in [0.5, 0.6) is 0 Å². The number of halogens is 1. The van der Waals surface area contributed by atoms with Gasteiger partial charge < -0.3 is 15.0 Å². The minimum atomic E-state index is -0.623. The summed E-state index contributed by atoms with van der Waals surface area (Å²) in [7, 11) is 0. The number of amides is 2. The van der Waals surface area contributed by atoms with Crippen LogP contribution in [0.2, 0.25) is 0 Å². The minimum Gasteiger partial charge on any atom is -0.378 e. The Kier molecular flexibility index (Phi) is 5.27. The van der Waals surface area contributed by atoms with E-state index in [9.17, 15) is 14.0 Å². The lowest BCUT2D eigenvalue weighted by Gasteiger charge is -2.29. The Hall–Kier alpha value is -1.95. The molecule has 1 fully saturated rings. The van der Waals surface area contributed by atoms with Crippen molar-refractivity contribution in [1.82, 2.24) is 10.2 Å². The fourth-order valence-corrected chi connectivity index (χ4v) is 2.23. The molecule has 0 radical (unpaired) electrons. The molecule has 1 unspecified atom stereocenters. The van der Waals surface area contributed by atoms with Crippen LogP contribution in [-0.2, 0) is 20.7 Å². The van der Waals surface area contributed by atoms with Crippen molar-refractivity contribution in [2.24, 2.45) is 0 Å². The minimum absolute atomic E-state index is 0.0760. The average Bonchev–Trinajstić information content (AvgIpc) is 2.49. The largest absolute Gasteiger partial charge is 0.378 e. The quantitative estimate of drug-likeness (QED) is 0.891. The molecule has 1 atom stereocenters. The zero-order valence-electron chi connectivity index (χ0n) is 12.0. The first-order valence-corrected chi connectivity index (χ1v) is 6.97. The maximum atomic E-state index is 13.5. The van der Waals surface area contributed by atoms with Crippen molar-refractivity contribution in [2.45, 2.75) is 19.4 Å². The number of benzene rings is 1. The van der Waals surface area contributed by atoms with Gasteiger partial charge in [-0.3, -0.25) is 9.59 Å². The maximum absolute atomic E-state index is 13.5. The second kappa shape index (κ2) is 7.17. The predicted octanol–water partition coefficient (Wildman–Crippen LogP) is 0.732. The number of nitrogens with zero attached hydrogens (tertiary/aromatic N) is 1. The lowest BCUT2D eigenvalue weighted by molar-refractivity contribution is -0.139. The number of hydrogen-bond acceptors (Lipinski definition) is 3. The Morgan fingerprint density at radius 1 is 1.33 bits per heavy atom. The van der Waals surface area contributed by atoms with E-state index in [1.54, 1.807) is 30.0 Å². The summed E-state index contributed by atoms with van der Waals surface area (Å²) in [5, 5.41) is 2.62. The van der Waals surface area contributed by atoms with Crippen LogP contribution in [0.1, 0.15) is 12.5 Å². The zero-order chi connectivity index (χ0) is 15.2. The van der Waals surface area contributed by atoms with E-state index in [2.05, 4.69) is 5.32 Å². The van der Waals surface area contributed by atoms with Crippen molar-refractivity contribution < 1.29 is 18.7 Å². The fourth-order valence-electron chi connectivity index (χ4n) is 2.23. The molecule has 1 aliphatic heterocycles. The van der Waals surface area contributed by atoms with Gasteiger partial charge in [-0.2, -0.15) is 0 Å². The Morgan fingerprint density at radius 2 is 2.00 bits per heavy atom. The third-order valence-electron chi connectivity index (χ3n) is 3.38. The van der Waals surface area contributed by atoms with Gasteiger partial charge in [0.05, 0.1) is 19.6 Å². The van der Waals surface area contributed by atoms with Crippen molar-refractivity contribution in [1.29, 1.82) is 0 Å². The molecule has 0 saturated carbocycles. The van der Waals surface area contributed by atoms with Gasteiger partial charge in [0.25, 0.3) is 0 Å². The van der Waals surface area contributed by atoms with Crippen molar-refractivity contribution >= 4 is 11.8 Å². The molecule has 2 rings (SSSR count). The van der Waals surface area contributed by atoms with E-state index in [0.29, 0.717) is 31.9 Å². The number of ether oxygens (including phenoxy) is 1. The molecule has 5 nitrogen and oxygen atoms in total. The Labute approximate surface area is 123 Å². The summed E-state index contributed by atoms with van der Waals surface area (Å²) in [5.74, 6) is -0.922. The summed E-state index contributed by atoms with van der Waals surface area (Å²) in [4.78, 5) is 25.7. The third-order valence-corrected chi connectivity index (χ3v) is 3.38. The Balaban J connectivity index is 1.87. The number of hydrogen-bond donors (Lipinski definition) is 1. The smallest absolute Gasteiger partial charge is 0.245 e. The van der Waals surface area contributed by atoms with Gasteiger partial charge in [-0.15, -0.1) is 0 Å². The van der Waals surface area contributed by atoms with Gasteiger partial charge in [0, 0.05) is 13.1 Å². The first-order chi connectivity index (χ1) is 10.1. The summed E-state index contributed by atoms with van der Waals surface area (Å²) in [5.41, 5.74) is 0.320. The van der Waals surface area contributed by atoms with Crippen LogP contribution in [0, 0.1) is 5.82 Å². The summed E-state index contributed by atoms with van der Waals surface area (Å²) in [6.07, 6.45) is -0.0760. The van der Waals surface area contributed by atoms with Gasteiger partial charge >= 0.3 is 0 Å². The van der Waals surface area contributed by atoms with E-state index < -0.39 is 11.9 Å². The van der Waals surface area contributed by atoms with E-state index in [1.165, 1.54) is 6.07 Å². The second-order valence-corrected chi connectivity index (χ2v) is 5.00. The molecule has 1 heterocycles. The van der Waals surface area contributed by atoms with E-state index in [1.807, 2.05) is 0 Å². The number of carbonyl (C=O) groups is 2. The topological polar surface area (TPSA) is 58.6 Å². The molecule has 0 aromatic heterocycles. The standard InChI is InChI=1S/C15H19FN2O3/c1-11(15(20)18-6-8-21-9-7-18)17-14(19)10-12-4-2-3-5-13(12)16/h2-5,11H,6-10H2,1H3,(H,17,19). The van der Waals surface area contributed by atoms with Crippen LogP contribution in [0.25, 0.3) is 0 Å². The molecule has 6 heteroatoms. The molecule has 2 amide bonds. The molecule has 1 aromatic rings. The number of carbonyl (C=O) groups excluding carboxylic acids is 2. The van der Waals surface area contributed by atoms with Crippen molar-refractivity contribution in [3.05, 3.63) is 35.6 Å². The van der Waals surface area contributed by atoms with Crippen molar-refractivity contribution in [3.63, 3.8) is 0 Å². The molecule has 114 valence electrons. The Bertz CT molecular complexity index is 515. The highest BCUT2D eigenvalue weighted by atomic mass is 19.1. The van der Waals surface area contributed by atoms with Crippen molar-refractivity contribution in [3.8, 4) is 0 Å². The molecular weight excluding hydrogens is 275 g/mol. The molecule has 1 saturated heterocycles. The molecule has 21 heavy (non-hydrogen) atoms. The SMILES string of the molecule is CC(NC(=O)Cc1ccccc1F)C(=O)N1CCOCC1. The summed E-state index contributed by atoms with van der Waals surface area (Å²) < 4.78 is 18.6. The monoisotopic (exact) mass is 294 g/mol. The predicted molar refractivity (Wildman–Crippen MR) is 75.1 cm³/mol. The van der Waals surface area contributed by atoms with E-state index in [4.69, 9.17) is 4.74 Å². The fraction of sp³-hybridized carbons (Fsp3) is 0.467. The number of morpholine rings is 1. The van der Waals surface area contributed by atoms with E-state index >= 15 is 0 Å². The second-order valence-electron chi connectivity index (χ2n) is 5.00. The Morgan fingerprint density at radius 3 is 2.67 bits per heavy atom. The molecule has 0 spiro atoms. The lowest BCUT2D eigenvalue weighted by atomic mass is 10.1. The first kappa shape index (κ1) is 15.4. The highest BCUT2D eigenvalue weighted by Crippen LogP contribution is 2.07. The summed E-state index contributed by atoms with van der Waals surface area (Å²) >= 11 is 0. The zero-order valence-corrected chi connectivity index (χ0v) is 12.0. The van der Waals surface area contributed by atoms with E-state index in [0.717, 1.165) is 0 Å². The van der Waals surface area contributed by atoms with Gasteiger partial charge in [-0.05, 0) is 18.6 Å². The normalized spacial score (nSPS) is 16.4. The highest BCUT2D eigenvalue weighted by molar-refractivity contribution is 5.88. The molecule has 0 aliphatic carbocycles. The van der Waals surface area contributed by atoms with Crippen molar-refractivity contribution in [2.75, 3.05) is 26.3 Å². The van der Waals surface area contributed by atoms with Gasteiger partial charge in [0.2, 0.25) is 11.8 Å². The van der Waals surface area contributed by atoms with E-state index in [-0.39, 0.29) is 18.2 Å². The van der Waals surface area contributed by atoms with Crippen LogP contribution in [0.15, 0.2) is 24.3 Å². The van der Waals surface area contributed by atoms with Crippen LogP contribution in [-0.4, -0.2) is 49.1 Å². The molecule has 1 aliphatic rings. The third kappa shape index (κ3) is 4.26. The molecular formula is C15H19FN2O3. The number of nitrogens with one attached hydrogen (secondary N) is 1. The van der Waals surface area contributed by atoms with Gasteiger partial charge in [0.1, 0.15) is 11.9 Å². The maximum Gasteiger partial charge on any atom is 0.245 e. The summed E-state index contributed by atoms with van der Waals surface area (Å²) in [6, 6.07) is 5.49. The molecule has 1 aromatic carbocycles. The van der Waals surface area contributed by atoms with Gasteiger partial charge in [0.15, 0.2) is 0 Å². The van der Waals surface area contributed by atoms with Gasteiger partial charge in [-0.25, -0.2) is 4.39 Å². The molecule has 0 bridgehead atoms. The van der Waals surface area contributed by atoms with Crippen LogP contribution >= 0.6 is 0 Å². The number of rotatable bonds is 4. The first-order valence-electron chi connectivity index (χ1n) is 6.97. The lowest BCUT2D eigenvalue weighted by Crippen LogP contribution is -2.50. The highest BCUT2D eigenvalue weighted by Gasteiger charge is 2.23. The van der Waals surface area contributed by atoms with Crippen LogP contribution in [0.3, 0.4) is 0 Å².